The van der Waals surface area contributed by atoms with Crippen LogP contribution in [0.1, 0.15) is 13.3 Å². The van der Waals surface area contributed by atoms with E-state index in [1.165, 1.54) is 12.1 Å². The third-order valence-corrected chi connectivity index (χ3v) is 2.34. The molecule has 2 amide bonds. The lowest BCUT2D eigenvalue weighted by atomic mass is 10.3. The van der Waals surface area contributed by atoms with Crippen LogP contribution in [0.25, 0.3) is 0 Å². The zero-order valence-corrected chi connectivity index (χ0v) is 11.1. The molecule has 0 aliphatic rings. The summed E-state index contributed by atoms with van der Waals surface area (Å²) >= 11 is 0. The number of carbonyl (C=O) groups excluding carboxylic acids is 1. The lowest BCUT2D eigenvalue weighted by Gasteiger charge is -2.16. The molecule has 0 aromatic heterocycles. The molecule has 3 N–H and O–H groups in total. The van der Waals surface area contributed by atoms with Gasteiger partial charge >= 0.3 is 12.0 Å². The van der Waals surface area contributed by atoms with Crippen molar-refractivity contribution in [1.82, 2.24) is 10.6 Å². The van der Waals surface area contributed by atoms with Crippen molar-refractivity contribution in [3.8, 4) is 5.75 Å². The van der Waals surface area contributed by atoms with Crippen molar-refractivity contribution in [3.63, 3.8) is 0 Å². The molecule has 0 saturated heterocycles. The number of benzene rings is 1. The number of hydrogen-bond acceptors (Lipinski definition) is 3. The molecule has 1 atom stereocenters. The topological polar surface area (TPSA) is 87.7 Å². The van der Waals surface area contributed by atoms with Gasteiger partial charge in [-0.1, -0.05) is 12.1 Å². The van der Waals surface area contributed by atoms with Gasteiger partial charge in [0.15, 0.2) is 11.6 Å². The highest BCUT2D eigenvalue weighted by Crippen LogP contribution is 2.16. The zero-order valence-electron chi connectivity index (χ0n) is 11.1. The number of rotatable bonds is 7. The maximum Gasteiger partial charge on any atom is 0.314 e. The molecule has 1 rings (SSSR count). The highest BCUT2D eigenvalue weighted by Gasteiger charge is 2.09. The number of ether oxygens (including phenoxy) is 1. The third-order valence-electron chi connectivity index (χ3n) is 2.34. The van der Waals surface area contributed by atoms with E-state index in [4.69, 9.17) is 9.84 Å². The minimum absolute atomic E-state index is 0.0454. The Labute approximate surface area is 115 Å². The van der Waals surface area contributed by atoms with E-state index in [9.17, 15) is 14.0 Å². The van der Waals surface area contributed by atoms with Gasteiger partial charge in [-0.3, -0.25) is 4.79 Å². The van der Waals surface area contributed by atoms with Gasteiger partial charge in [0.05, 0.1) is 13.0 Å². The minimum Gasteiger partial charge on any atom is -0.486 e. The van der Waals surface area contributed by atoms with Crippen LogP contribution in [0.2, 0.25) is 0 Å². The highest BCUT2D eigenvalue weighted by molar-refractivity contribution is 5.74. The molecular weight excluding hydrogens is 267 g/mol. The zero-order chi connectivity index (χ0) is 15.0. The van der Waals surface area contributed by atoms with E-state index in [1.807, 2.05) is 0 Å². The van der Waals surface area contributed by atoms with Crippen LogP contribution in [0.4, 0.5) is 9.18 Å². The summed E-state index contributed by atoms with van der Waals surface area (Å²) in [7, 11) is 0. The van der Waals surface area contributed by atoms with Crippen LogP contribution < -0.4 is 15.4 Å². The van der Waals surface area contributed by atoms with Gasteiger partial charge in [-0.15, -0.1) is 0 Å². The summed E-state index contributed by atoms with van der Waals surface area (Å²) in [5, 5.41) is 13.3. The van der Waals surface area contributed by atoms with Gasteiger partial charge in [-0.05, 0) is 19.1 Å². The molecule has 0 bridgehead atoms. The number of hydrogen-bond donors (Lipinski definition) is 3. The Balaban J connectivity index is 2.26. The van der Waals surface area contributed by atoms with E-state index < -0.39 is 23.9 Å². The van der Waals surface area contributed by atoms with Gasteiger partial charge in [-0.2, -0.15) is 0 Å². The second-order valence-corrected chi connectivity index (χ2v) is 4.14. The minimum atomic E-state index is -0.985. The number of aliphatic carboxylic acids is 1. The van der Waals surface area contributed by atoms with Crippen LogP contribution in [0.3, 0.4) is 0 Å². The Kier molecular flexibility index (Phi) is 6.28. The fraction of sp³-hybridized carbons (Fsp3) is 0.385. The van der Waals surface area contributed by atoms with Crippen molar-refractivity contribution >= 4 is 12.0 Å². The molecule has 1 aromatic rings. The smallest absolute Gasteiger partial charge is 0.314 e. The molecule has 20 heavy (non-hydrogen) atoms. The molecule has 0 radical (unpaired) electrons. The first-order valence-electron chi connectivity index (χ1n) is 6.13. The van der Waals surface area contributed by atoms with Crippen LogP contribution in [0.5, 0.6) is 5.75 Å². The average Bonchev–Trinajstić information content (AvgIpc) is 2.39. The van der Waals surface area contributed by atoms with Crippen LogP contribution in [0, 0.1) is 5.82 Å². The number of carboxylic acid groups (broad SMARTS) is 1. The third kappa shape index (κ3) is 6.03. The summed E-state index contributed by atoms with van der Waals surface area (Å²) in [6.45, 7) is 1.90. The van der Waals surface area contributed by atoms with Crippen molar-refractivity contribution in [2.24, 2.45) is 0 Å². The molecule has 0 aliphatic heterocycles. The number of carbonyl (C=O) groups is 2. The monoisotopic (exact) mass is 284 g/mol. The van der Waals surface area contributed by atoms with E-state index in [1.54, 1.807) is 19.1 Å². The summed E-state index contributed by atoms with van der Waals surface area (Å²) in [5.74, 6) is -1.33. The number of nitrogens with one attached hydrogen (secondary N) is 2. The van der Waals surface area contributed by atoms with Crippen LogP contribution in [0.15, 0.2) is 24.3 Å². The SMILES string of the molecule is CC(CNC(=O)NCCC(=O)O)Oc1ccccc1F. The van der Waals surface area contributed by atoms with Crippen LogP contribution in [-0.2, 0) is 4.79 Å². The number of amides is 2. The number of para-hydroxylation sites is 1. The van der Waals surface area contributed by atoms with Crippen molar-refractivity contribution in [2.45, 2.75) is 19.4 Å². The van der Waals surface area contributed by atoms with Gasteiger partial charge in [0, 0.05) is 6.54 Å². The maximum absolute atomic E-state index is 13.3. The molecule has 1 unspecified atom stereocenters. The van der Waals surface area contributed by atoms with Crippen molar-refractivity contribution < 1.29 is 23.8 Å². The second kappa shape index (κ2) is 7.98. The van der Waals surface area contributed by atoms with Gasteiger partial charge in [-0.25, -0.2) is 9.18 Å². The molecule has 0 saturated carbocycles. The molecule has 0 aliphatic carbocycles. The van der Waals surface area contributed by atoms with Gasteiger partial charge in [0.25, 0.3) is 0 Å². The van der Waals surface area contributed by atoms with E-state index in [2.05, 4.69) is 10.6 Å². The van der Waals surface area contributed by atoms with Gasteiger partial charge in [0.1, 0.15) is 6.10 Å². The summed E-state index contributed by atoms with van der Waals surface area (Å²) < 4.78 is 18.6. The van der Waals surface area contributed by atoms with Crippen molar-refractivity contribution in [2.75, 3.05) is 13.1 Å². The molecule has 0 spiro atoms. The Morgan fingerprint density at radius 1 is 1.35 bits per heavy atom. The Morgan fingerprint density at radius 2 is 2.05 bits per heavy atom. The summed E-state index contributed by atoms with van der Waals surface area (Å²) in [5.41, 5.74) is 0. The fourth-order valence-electron chi connectivity index (χ4n) is 1.38. The van der Waals surface area contributed by atoms with E-state index in [0.717, 1.165) is 0 Å². The summed E-state index contributed by atoms with van der Waals surface area (Å²) in [4.78, 5) is 21.6. The molecule has 7 heteroatoms. The first kappa shape index (κ1) is 15.7. The van der Waals surface area contributed by atoms with Crippen molar-refractivity contribution in [1.29, 1.82) is 0 Å². The number of carboxylic acids is 1. The normalized spacial score (nSPS) is 11.5. The lowest BCUT2D eigenvalue weighted by Crippen LogP contribution is -2.41. The van der Waals surface area contributed by atoms with Crippen LogP contribution >= 0.6 is 0 Å². The summed E-state index contributed by atoms with van der Waals surface area (Å²) in [6.07, 6.45) is -0.563. The standard InChI is InChI=1S/C13H17FN2O4/c1-9(20-11-5-3-2-4-10(11)14)8-16-13(19)15-7-6-12(17)18/h2-5,9H,6-8H2,1H3,(H,17,18)(H2,15,16,19). The quantitative estimate of drug-likeness (QED) is 0.705. The van der Waals surface area contributed by atoms with Gasteiger partial charge < -0.3 is 20.5 Å². The molecule has 0 heterocycles. The van der Waals surface area contributed by atoms with E-state index in [0.29, 0.717) is 0 Å². The largest absolute Gasteiger partial charge is 0.486 e. The highest BCUT2D eigenvalue weighted by atomic mass is 19.1. The average molecular weight is 284 g/mol. The molecule has 0 fully saturated rings. The van der Waals surface area contributed by atoms with Crippen molar-refractivity contribution in [3.05, 3.63) is 30.1 Å². The molecule has 1 aromatic carbocycles. The predicted molar refractivity (Wildman–Crippen MR) is 70.1 cm³/mol. The second-order valence-electron chi connectivity index (χ2n) is 4.14. The van der Waals surface area contributed by atoms with E-state index in [-0.39, 0.29) is 25.3 Å². The number of halogens is 1. The first-order chi connectivity index (χ1) is 9.49. The summed E-state index contributed by atoms with van der Waals surface area (Å²) in [6, 6.07) is 5.50. The Hall–Kier alpha value is -2.31. The van der Waals surface area contributed by atoms with Gasteiger partial charge in [0.2, 0.25) is 0 Å². The number of urea groups is 1. The lowest BCUT2D eigenvalue weighted by molar-refractivity contribution is -0.136. The van der Waals surface area contributed by atoms with E-state index >= 15 is 0 Å². The fourth-order valence-corrected chi connectivity index (χ4v) is 1.38. The maximum atomic E-state index is 13.3. The molecule has 110 valence electrons. The first-order valence-corrected chi connectivity index (χ1v) is 6.13. The van der Waals surface area contributed by atoms with Crippen LogP contribution in [-0.4, -0.2) is 36.3 Å². The Bertz CT molecular complexity index is 467. The Morgan fingerprint density at radius 3 is 2.70 bits per heavy atom. The predicted octanol–water partition coefficient (Wildman–Crippen LogP) is 1.37. The molecule has 6 nitrogen and oxygen atoms in total. The molecular formula is C13H17FN2O4.